The van der Waals surface area contributed by atoms with Gasteiger partial charge < -0.3 is 10.5 Å². The second-order valence-corrected chi connectivity index (χ2v) is 5.41. The van der Waals surface area contributed by atoms with Crippen molar-refractivity contribution in [2.24, 2.45) is 5.73 Å². The van der Waals surface area contributed by atoms with Crippen LogP contribution in [0, 0.1) is 5.82 Å². The van der Waals surface area contributed by atoms with Gasteiger partial charge in [-0.1, -0.05) is 17.7 Å². The van der Waals surface area contributed by atoms with Gasteiger partial charge in [-0.05, 0) is 52.7 Å². The molecule has 1 atom stereocenters. The van der Waals surface area contributed by atoms with Gasteiger partial charge in [-0.3, -0.25) is 0 Å². The van der Waals surface area contributed by atoms with E-state index in [9.17, 15) is 4.39 Å². The summed E-state index contributed by atoms with van der Waals surface area (Å²) in [4.78, 5) is 0. The molecule has 5 heteroatoms. The molecule has 0 radical (unpaired) electrons. The van der Waals surface area contributed by atoms with Crippen LogP contribution >= 0.6 is 27.5 Å². The maximum atomic E-state index is 13.4. The van der Waals surface area contributed by atoms with Gasteiger partial charge in [0.05, 0.1) is 4.47 Å². The predicted octanol–water partition coefficient (Wildman–Crippen LogP) is 5.05. The highest BCUT2D eigenvalue weighted by molar-refractivity contribution is 9.10. The smallest absolute Gasteiger partial charge is 0.141 e. The molecule has 19 heavy (non-hydrogen) atoms. The number of nitrogens with two attached hydrogens (primary N) is 1. The fraction of sp³-hybridized carbons (Fsp3) is 0.143. The molecule has 2 nitrogen and oxygen atoms in total. The fourth-order valence-electron chi connectivity index (χ4n) is 1.62. The predicted molar refractivity (Wildman–Crippen MR) is 78.2 cm³/mol. The molecule has 0 spiro atoms. The number of halogens is 3. The van der Waals surface area contributed by atoms with E-state index in [4.69, 9.17) is 22.1 Å². The zero-order chi connectivity index (χ0) is 14.0. The SMILES string of the molecule is CC(N)c1ccc(Oc2ccc(Br)c(F)c2)cc1Cl. The van der Waals surface area contributed by atoms with E-state index in [0.717, 1.165) is 5.56 Å². The molecule has 0 bridgehead atoms. The zero-order valence-electron chi connectivity index (χ0n) is 10.2. The van der Waals surface area contributed by atoms with Gasteiger partial charge in [0.25, 0.3) is 0 Å². The van der Waals surface area contributed by atoms with E-state index in [1.165, 1.54) is 6.07 Å². The molecule has 2 aromatic carbocycles. The summed E-state index contributed by atoms with van der Waals surface area (Å²) in [5.74, 6) is 0.567. The summed E-state index contributed by atoms with van der Waals surface area (Å²) >= 11 is 9.19. The molecule has 0 heterocycles. The number of ether oxygens (including phenoxy) is 1. The quantitative estimate of drug-likeness (QED) is 0.845. The summed E-state index contributed by atoms with van der Waals surface area (Å²) in [7, 11) is 0. The molecule has 2 N–H and O–H groups in total. The van der Waals surface area contributed by atoms with Gasteiger partial charge in [-0.15, -0.1) is 0 Å². The van der Waals surface area contributed by atoms with Crippen LogP contribution in [0.25, 0.3) is 0 Å². The third-order valence-corrected chi connectivity index (χ3v) is 3.56. The average Bonchev–Trinajstić information content (AvgIpc) is 2.33. The third kappa shape index (κ3) is 3.47. The zero-order valence-corrected chi connectivity index (χ0v) is 12.5. The van der Waals surface area contributed by atoms with Gasteiger partial charge in [0.1, 0.15) is 17.3 Å². The Balaban J connectivity index is 2.24. The van der Waals surface area contributed by atoms with Crippen LogP contribution in [0.4, 0.5) is 4.39 Å². The van der Waals surface area contributed by atoms with Gasteiger partial charge >= 0.3 is 0 Å². The Morgan fingerprint density at radius 3 is 2.42 bits per heavy atom. The van der Waals surface area contributed by atoms with Crippen LogP contribution in [-0.2, 0) is 0 Å². The van der Waals surface area contributed by atoms with Crippen molar-refractivity contribution in [2.45, 2.75) is 13.0 Å². The van der Waals surface area contributed by atoms with E-state index in [1.54, 1.807) is 30.3 Å². The minimum absolute atomic E-state index is 0.147. The molecule has 0 saturated heterocycles. The van der Waals surface area contributed by atoms with Crippen molar-refractivity contribution >= 4 is 27.5 Å². The lowest BCUT2D eigenvalue weighted by molar-refractivity contribution is 0.476. The molecular formula is C14H12BrClFNO. The van der Waals surface area contributed by atoms with E-state index < -0.39 is 0 Å². The van der Waals surface area contributed by atoms with Crippen molar-refractivity contribution in [1.82, 2.24) is 0 Å². The summed E-state index contributed by atoms with van der Waals surface area (Å²) in [5.41, 5.74) is 6.62. The average molecular weight is 345 g/mol. The molecule has 0 fully saturated rings. The number of benzene rings is 2. The lowest BCUT2D eigenvalue weighted by atomic mass is 10.1. The van der Waals surface area contributed by atoms with Crippen molar-refractivity contribution < 1.29 is 9.13 Å². The van der Waals surface area contributed by atoms with E-state index in [0.29, 0.717) is 21.0 Å². The monoisotopic (exact) mass is 343 g/mol. The highest BCUT2D eigenvalue weighted by Gasteiger charge is 2.08. The van der Waals surface area contributed by atoms with Gasteiger partial charge in [-0.25, -0.2) is 4.39 Å². The van der Waals surface area contributed by atoms with Crippen molar-refractivity contribution in [1.29, 1.82) is 0 Å². The van der Waals surface area contributed by atoms with E-state index in [2.05, 4.69) is 15.9 Å². The molecule has 0 aliphatic rings. The fourth-order valence-corrected chi connectivity index (χ4v) is 2.21. The second-order valence-electron chi connectivity index (χ2n) is 4.15. The third-order valence-electron chi connectivity index (χ3n) is 2.59. The van der Waals surface area contributed by atoms with Crippen molar-refractivity contribution in [2.75, 3.05) is 0 Å². The first kappa shape index (κ1) is 14.3. The first-order chi connectivity index (χ1) is 8.97. The van der Waals surface area contributed by atoms with Gasteiger partial charge in [-0.2, -0.15) is 0 Å². The Hall–Kier alpha value is -1.10. The van der Waals surface area contributed by atoms with Gasteiger partial charge in [0.15, 0.2) is 0 Å². The van der Waals surface area contributed by atoms with Crippen molar-refractivity contribution in [3.8, 4) is 11.5 Å². The van der Waals surface area contributed by atoms with Crippen LogP contribution in [0.5, 0.6) is 11.5 Å². The Kier molecular flexibility index (Phi) is 4.45. The number of hydrogen-bond acceptors (Lipinski definition) is 2. The van der Waals surface area contributed by atoms with Crippen LogP contribution in [0.15, 0.2) is 40.9 Å². The van der Waals surface area contributed by atoms with Gasteiger partial charge in [0.2, 0.25) is 0 Å². The van der Waals surface area contributed by atoms with E-state index >= 15 is 0 Å². The number of rotatable bonds is 3. The lowest BCUT2D eigenvalue weighted by Gasteiger charge is -2.11. The maximum Gasteiger partial charge on any atom is 0.141 e. The molecule has 0 aliphatic carbocycles. The van der Waals surface area contributed by atoms with E-state index in [1.807, 2.05) is 6.92 Å². The highest BCUT2D eigenvalue weighted by atomic mass is 79.9. The Morgan fingerprint density at radius 2 is 1.84 bits per heavy atom. The largest absolute Gasteiger partial charge is 0.457 e. The Morgan fingerprint density at radius 1 is 1.21 bits per heavy atom. The Bertz CT molecular complexity index is 604. The summed E-state index contributed by atoms with van der Waals surface area (Å²) in [6.07, 6.45) is 0. The van der Waals surface area contributed by atoms with Crippen molar-refractivity contribution in [3.63, 3.8) is 0 Å². The summed E-state index contributed by atoms with van der Waals surface area (Å²) in [6.45, 7) is 1.85. The molecule has 2 rings (SSSR count). The maximum absolute atomic E-state index is 13.4. The summed E-state index contributed by atoms with van der Waals surface area (Å²) in [5, 5.41) is 0.532. The normalized spacial score (nSPS) is 12.3. The molecule has 1 unspecified atom stereocenters. The Labute approximate surface area is 124 Å². The van der Waals surface area contributed by atoms with E-state index in [-0.39, 0.29) is 11.9 Å². The first-order valence-corrected chi connectivity index (χ1v) is 6.82. The summed E-state index contributed by atoms with van der Waals surface area (Å²) in [6, 6.07) is 9.63. The van der Waals surface area contributed by atoms with Crippen LogP contribution in [-0.4, -0.2) is 0 Å². The minimum atomic E-state index is -0.379. The lowest BCUT2D eigenvalue weighted by Crippen LogP contribution is -2.05. The second kappa shape index (κ2) is 5.90. The minimum Gasteiger partial charge on any atom is -0.457 e. The molecular weight excluding hydrogens is 333 g/mol. The van der Waals surface area contributed by atoms with Crippen LogP contribution in [0.2, 0.25) is 5.02 Å². The topological polar surface area (TPSA) is 35.2 Å². The van der Waals surface area contributed by atoms with Crippen LogP contribution in [0.1, 0.15) is 18.5 Å². The van der Waals surface area contributed by atoms with Gasteiger partial charge in [0, 0.05) is 17.1 Å². The molecule has 100 valence electrons. The molecule has 2 aromatic rings. The van der Waals surface area contributed by atoms with Crippen molar-refractivity contribution in [3.05, 3.63) is 57.3 Å². The highest BCUT2D eigenvalue weighted by Crippen LogP contribution is 2.30. The van der Waals surface area contributed by atoms with Crippen LogP contribution in [0.3, 0.4) is 0 Å². The molecule has 0 aliphatic heterocycles. The molecule has 0 saturated carbocycles. The first-order valence-electron chi connectivity index (χ1n) is 5.65. The standard InChI is InChI=1S/C14H12BrClFNO/c1-8(18)11-4-2-9(6-13(11)16)19-10-3-5-12(15)14(17)7-10/h2-8H,18H2,1H3. The van der Waals surface area contributed by atoms with Crippen LogP contribution < -0.4 is 10.5 Å². The molecule has 0 aromatic heterocycles. The number of hydrogen-bond donors (Lipinski definition) is 1. The molecule has 0 amide bonds. The summed E-state index contributed by atoms with van der Waals surface area (Å²) < 4.78 is 19.3.